The zero-order chi connectivity index (χ0) is 14.8. The molecular weight excluding hydrogens is 250 g/mol. The van der Waals surface area contributed by atoms with Crippen molar-refractivity contribution in [3.8, 4) is 5.75 Å². The minimum absolute atomic E-state index is 0.242. The standard InChI is InChI=1S/C17H23NO2/c1-17(12-18(2)3)9-8-14(16(17)19)10-13-6-5-7-15(11-13)20-4/h5-7,10-11H,8-9,12H2,1-4H3/b14-10+. The summed E-state index contributed by atoms with van der Waals surface area (Å²) in [4.78, 5) is 14.7. The van der Waals surface area contributed by atoms with Gasteiger partial charge in [0, 0.05) is 12.0 Å². The van der Waals surface area contributed by atoms with Gasteiger partial charge in [0.2, 0.25) is 0 Å². The largest absolute Gasteiger partial charge is 0.497 e. The average molecular weight is 273 g/mol. The molecule has 1 fully saturated rings. The highest BCUT2D eigenvalue weighted by Gasteiger charge is 2.40. The van der Waals surface area contributed by atoms with E-state index in [1.54, 1.807) is 7.11 Å². The van der Waals surface area contributed by atoms with Crippen molar-refractivity contribution in [2.24, 2.45) is 5.41 Å². The fourth-order valence-electron chi connectivity index (χ4n) is 2.94. The van der Waals surface area contributed by atoms with E-state index >= 15 is 0 Å². The molecule has 0 bridgehead atoms. The third-order valence-electron chi connectivity index (χ3n) is 3.89. The molecule has 1 saturated carbocycles. The molecule has 0 saturated heterocycles. The Labute approximate surface area is 121 Å². The maximum atomic E-state index is 12.6. The van der Waals surface area contributed by atoms with Crippen LogP contribution >= 0.6 is 0 Å². The lowest BCUT2D eigenvalue weighted by atomic mass is 9.86. The van der Waals surface area contributed by atoms with E-state index in [0.717, 1.165) is 36.3 Å². The molecular formula is C17H23NO2. The molecule has 3 nitrogen and oxygen atoms in total. The molecule has 0 amide bonds. The highest BCUT2D eigenvalue weighted by molar-refractivity contribution is 6.05. The maximum Gasteiger partial charge on any atom is 0.166 e. The number of allylic oxidation sites excluding steroid dienone is 1. The van der Waals surface area contributed by atoms with E-state index in [1.807, 2.05) is 44.4 Å². The number of carbonyl (C=O) groups excluding carboxylic acids is 1. The van der Waals surface area contributed by atoms with E-state index in [9.17, 15) is 4.79 Å². The maximum absolute atomic E-state index is 12.6. The Kier molecular flexibility index (Phi) is 4.29. The third kappa shape index (κ3) is 3.10. The molecule has 1 aromatic carbocycles. The first-order valence-corrected chi connectivity index (χ1v) is 6.99. The topological polar surface area (TPSA) is 29.5 Å². The molecule has 1 aromatic rings. The first-order chi connectivity index (χ1) is 9.44. The van der Waals surface area contributed by atoms with Gasteiger partial charge >= 0.3 is 0 Å². The lowest BCUT2D eigenvalue weighted by Crippen LogP contribution is -2.34. The van der Waals surface area contributed by atoms with Gasteiger partial charge in [0.1, 0.15) is 5.75 Å². The number of benzene rings is 1. The van der Waals surface area contributed by atoms with Crippen LogP contribution in [0.2, 0.25) is 0 Å². The van der Waals surface area contributed by atoms with Gasteiger partial charge in [-0.05, 0) is 56.3 Å². The van der Waals surface area contributed by atoms with E-state index in [2.05, 4.69) is 11.8 Å². The summed E-state index contributed by atoms with van der Waals surface area (Å²) in [5, 5.41) is 0. The number of nitrogens with zero attached hydrogens (tertiary/aromatic N) is 1. The van der Waals surface area contributed by atoms with E-state index in [0.29, 0.717) is 0 Å². The smallest absolute Gasteiger partial charge is 0.166 e. The van der Waals surface area contributed by atoms with Gasteiger partial charge in [-0.2, -0.15) is 0 Å². The predicted molar refractivity (Wildman–Crippen MR) is 81.9 cm³/mol. The van der Waals surface area contributed by atoms with Crippen LogP contribution in [0.1, 0.15) is 25.3 Å². The van der Waals surface area contributed by atoms with Crippen LogP contribution in [0.15, 0.2) is 29.8 Å². The molecule has 3 heteroatoms. The first kappa shape index (κ1) is 14.8. The quantitative estimate of drug-likeness (QED) is 0.790. The molecule has 0 N–H and O–H groups in total. The summed E-state index contributed by atoms with van der Waals surface area (Å²) in [6.45, 7) is 2.88. The van der Waals surface area contributed by atoms with Crippen molar-refractivity contribution in [2.45, 2.75) is 19.8 Å². The van der Waals surface area contributed by atoms with E-state index < -0.39 is 0 Å². The number of carbonyl (C=O) groups is 1. The van der Waals surface area contributed by atoms with Gasteiger partial charge in [-0.25, -0.2) is 0 Å². The van der Waals surface area contributed by atoms with Crippen molar-refractivity contribution < 1.29 is 9.53 Å². The van der Waals surface area contributed by atoms with Gasteiger partial charge in [-0.1, -0.05) is 19.1 Å². The van der Waals surface area contributed by atoms with Crippen LogP contribution in [-0.4, -0.2) is 38.4 Å². The number of Topliss-reactive ketones (excluding diaryl/α,β-unsaturated/α-hetero) is 1. The molecule has 0 radical (unpaired) electrons. The first-order valence-electron chi connectivity index (χ1n) is 6.99. The van der Waals surface area contributed by atoms with Crippen molar-refractivity contribution >= 4 is 11.9 Å². The highest BCUT2D eigenvalue weighted by Crippen LogP contribution is 2.39. The normalized spacial score (nSPS) is 24.6. The van der Waals surface area contributed by atoms with Gasteiger partial charge in [0.05, 0.1) is 7.11 Å². The SMILES string of the molecule is COc1cccc(/C=C2\CCC(C)(CN(C)C)C2=O)c1. The van der Waals surface area contributed by atoms with Gasteiger partial charge in [-0.15, -0.1) is 0 Å². The summed E-state index contributed by atoms with van der Waals surface area (Å²) < 4.78 is 5.22. The van der Waals surface area contributed by atoms with Crippen LogP contribution in [0.4, 0.5) is 0 Å². The number of methoxy groups -OCH3 is 1. The Hall–Kier alpha value is -1.61. The number of ketones is 1. The van der Waals surface area contributed by atoms with E-state index in [-0.39, 0.29) is 11.2 Å². The predicted octanol–water partition coefficient (Wildman–Crippen LogP) is 3.01. The number of hydrogen-bond acceptors (Lipinski definition) is 3. The van der Waals surface area contributed by atoms with Crippen LogP contribution in [-0.2, 0) is 4.79 Å². The van der Waals surface area contributed by atoms with Gasteiger partial charge < -0.3 is 9.64 Å². The second-order valence-corrected chi connectivity index (χ2v) is 6.07. The molecule has 20 heavy (non-hydrogen) atoms. The van der Waals surface area contributed by atoms with Crippen molar-refractivity contribution in [2.75, 3.05) is 27.7 Å². The third-order valence-corrected chi connectivity index (χ3v) is 3.89. The van der Waals surface area contributed by atoms with Gasteiger partial charge in [0.15, 0.2) is 5.78 Å². The molecule has 1 aliphatic carbocycles. The summed E-state index contributed by atoms with van der Waals surface area (Å²) in [6, 6.07) is 7.82. The van der Waals surface area contributed by atoms with Crippen molar-refractivity contribution in [1.82, 2.24) is 4.90 Å². The average Bonchev–Trinajstić information content (AvgIpc) is 2.66. The molecule has 1 unspecified atom stereocenters. The summed E-state index contributed by atoms with van der Waals surface area (Å²) in [5.41, 5.74) is 1.72. The zero-order valence-corrected chi connectivity index (χ0v) is 12.8. The second-order valence-electron chi connectivity index (χ2n) is 6.07. The monoisotopic (exact) mass is 273 g/mol. The lowest BCUT2D eigenvalue weighted by Gasteiger charge is -2.25. The zero-order valence-electron chi connectivity index (χ0n) is 12.8. The Bertz CT molecular complexity index is 534. The number of rotatable bonds is 4. The molecule has 0 aromatic heterocycles. The summed E-state index contributed by atoms with van der Waals surface area (Å²) in [6.07, 6.45) is 3.80. The Morgan fingerprint density at radius 2 is 2.15 bits per heavy atom. The van der Waals surface area contributed by atoms with E-state index in [1.165, 1.54) is 0 Å². The molecule has 0 heterocycles. The Morgan fingerprint density at radius 3 is 2.80 bits per heavy atom. The molecule has 2 rings (SSSR count). The summed E-state index contributed by atoms with van der Waals surface area (Å²) in [5.74, 6) is 1.11. The minimum atomic E-state index is -0.242. The Morgan fingerprint density at radius 1 is 1.40 bits per heavy atom. The molecule has 1 aliphatic rings. The van der Waals surface area contributed by atoms with Gasteiger partial charge in [-0.3, -0.25) is 4.79 Å². The lowest BCUT2D eigenvalue weighted by molar-refractivity contribution is -0.122. The Balaban J connectivity index is 2.22. The van der Waals surface area contributed by atoms with Crippen LogP contribution in [0.3, 0.4) is 0 Å². The van der Waals surface area contributed by atoms with Crippen molar-refractivity contribution in [3.63, 3.8) is 0 Å². The highest BCUT2D eigenvalue weighted by atomic mass is 16.5. The van der Waals surface area contributed by atoms with Crippen LogP contribution in [0.5, 0.6) is 5.75 Å². The van der Waals surface area contributed by atoms with Gasteiger partial charge in [0.25, 0.3) is 0 Å². The van der Waals surface area contributed by atoms with Crippen molar-refractivity contribution in [3.05, 3.63) is 35.4 Å². The van der Waals surface area contributed by atoms with Crippen LogP contribution in [0, 0.1) is 5.41 Å². The molecule has 0 spiro atoms. The van der Waals surface area contributed by atoms with E-state index in [4.69, 9.17) is 4.74 Å². The minimum Gasteiger partial charge on any atom is -0.497 e. The summed E-state index contributed by atoms with van der Waals surface area (Å²) >= 11 is 0. The second kappa shape index (κ2) is 5.80. The van der Waals surface area contributed by atoms with Crippen LogP contribution in [0.25, 0.3) is 6.08 Å². The number of hydrogen-bond donors (Lipinski definition) is 0. The molecule has 1 atom stereocenters. The fourth-order valence-corrected chi connectivity index (χ4v) is 2.94. The molecule has 0 aliphatic heterocycles. The van der Waals surface area contributed by atoms with Crippen LogP contribution < -0.4 is 4.74 Å². The fraction of sp³-hybridized carbons (Fsp3) is 0.471. The van der Waals surface area contributed by atoms with Crippen molar-refractivity contribution in [1.29, 1.82) is 0 Å². The summed E-state index contributed by atoms with van der Waals surface area (Å²) in [7, 11) is 5.69. The molecule has 108 valence electrons. The number of ether oxygens (including phenoxy) is 1.